The molecule has 1 aliphatic heterocycles. The van der Waals surface area contributed by atoms with E-state index in [4.69, 9.17) is 16.3 Å². The number of hydrogen-bond acceptors (Lipinski definition) is 3. The fourth-order valence-corrected chi connectivity index (χ4v) is 5.00. The lowest BCUT2D eigenvalue weighted by molar-refractivity contribution is -0.119. The highest BCUT2D eigenvalue weighted by atomic mass is 35.5. The summed E-state index contributed by atoms with van der Waals surface area (Å²) < 4.78 is 6.31. The molecule has 2 aromatic rings. The van der Waals surface area contributed by atoms with Gasteiger partial charge in [-0.1, -0.05) is 49.8 Å². The highest BCUT2D eigenvalue weighted by molar-refractivity contribution is 6.64. The summed E-state index contributed by atoms with van der Waals surface area (Å²) in [5, 5.41) is -0.200. The van der Waals surface area contributed by atoms with Gasteiger partial charge >= 0.3 is 0 Å². The van der Waals surface area contributed by atoms with E-state index in [1.54, 1.807) is 0 Å². The molecule has 1 heterocycles. The van der Waals surface area contributed by atoms with Gasteiger partial charge in [0.2, 0.25) is 5.24 Å². The van der Waals surface area contributed by atoms with Crippen LogP contribution in [-0.4, -0.2) is 29.8 Å². The smallest absolute Gasteiger partial charge is 0.227 e. The fraction of sp³-hybridized carbons (Fsp3) is 0.464. The van der Waals surface area contributed by atoms with Gasteiger partial charge in [-0.3, -0.25) is 9.69 Å². The van der Waals surface area contributed by atoms with Crippen molar-refractivity contribution in [2.45, 2.75) is 53.1 Å². The van der Waals surface area contributed by atoms with Gasteiger partial charge in [0.1, 0.15) is 11.9 Å². The molecule has 1 unspecified atom stereocenters. The zero-order chi connectivity index (χ0) is 22.8. The molecule has 3 nitrogen and oxygen atoms in total. The third-order valence-corrected chi connectivity index (χ3v) is 7.11. The molecule has 2 aromatic carbocycles. The number of rotatable bonds is 8. The van der Waals surface area contributed by atoms with Gasteiger partial charge in [-0.2, -0.15) is 0 Å². The van der Waals surface area contributed by atoms with Gasteiger partial charge in [-0.15, -0.1) is 0 Å². The summed E-state index contributed by atoms with van der Waals surface area (Å²) in [5.41, 5.74) is 8.12. The van der Waals surface area contributed by atoms with E-state index in [9.17, 15) is 4.79 Å². The molecule has 1 fully saturated rings. The Hall–Kier alpha value is -2.10. The highest BCUT2D eigenvalue weighted by Crippen LogP contribution is 2.35. The minimum absolute atomic E-state index is 0.0148. The molecule has 170 valence electrons. The summed E-state index contributed by atoms with van der Waals surface area (Å²) in [5.74, 6) is 1.62. The van der Waals surface area contributed by atoms with Crippen molar-refractivity contribution in [1.82, 2.24) is 4.90 Å². The number of aryl methyl sites for hydroxylation is 1. The van der Waals surface area contributed by atoms with Crippen LogP contribution in [0.1, 0.15) is 62.5 Å². The minimum atomic E-state index is -0.200. The van der Waals surface area contributed by atoms with Crippen LogP contribution in [0.4, 0.5) is 0 Å². The Morgan fingerprint density at radius 1 is 1.09 bits per heavy atom. The number of fused-ring (bicyclic) bond motifs is 1. The van der Waals surface area contributed by atoms with E-state index in [0.717, 1.165) is 44.6 Å². The zero-order valence-corrected chi connectivity index (χ0v) is 20.4. The van der Waals surface area contributed by atoms with Crippen molar-refractivity contribution in [2.75, 3.05) is 19.6 Å². The summed E-state index contributed by atoms with van der Waals surface area (Å²) in [4.78, 5) is 13.6. The Morgan fingerprint density at radius 3 is 2.47 bits per heavy atom. The maximum Gasteiger partial charge on any atom is 0.227 e. The average Bonchev–Trinajstić information content (AvgIpc) is 2.71. The molecule has 0 aromatic heterocycles. The monoisotopic (exact) mass is 451 g/mol. The predicted molar refractivity (Wildman–Crippen MR) is 132 cm³/mol. The molecule has 4 rings (SSSR count). The summed E-state index contributed by atoms with van der Waals surface area (Å²) in [6.07, 6.45) is 3.22. The van der Waals surface area contributed by atoms with Crippen LogP contribution in [0.25, 0.3) is 5.57 Å². The molecule has 0 amide bonds. The third-order valence-electron chi connectivity index (χ3n) is 6.81. The van der Waals surface area contributed by atoms with E-state index in [1.165, 1.54) is 33.4 Å². The molecule has 32 heavy (non-hydrogen) atoms. The maximum atomic E-state index is 11.3. The molecule has 0 bridgehead atoms. The topological polar surface area (TPSA) is 29.5 Å². The van der Waals surface area contributed by atoms with Gasteiger partial charge < -0.3 is 4.74 Å². The number of carbonyl (C=O) groups is 1. The summed E-state index contributed by atoms with van der Waals surface area (Å²) in [6.45, 7) is 11.3. The Bertz CT molecular complexity index is 1000. The lowest BCUT2D eigenvalue weighted by Gasteiger charge is -2.38. The van der Waals surface area contributed by atoms with Gasteiger partial charge in [0.25, 0.3) is 0 Å². The number of ether oxygens (including phenoxy) is 1. The molecule has 0 spiro atoms. The van der Waals surface area contributed by atoms with Crippen molar-refractivity contribution in [3.05, 3.63) is 70.3 Å². The molecule has 1 aliphatic carbocycles. The largest absolute Gasteiger partial charge is 0.486 e. The van der Waals surface area contributed by atoms with Crippen LogP contribution in [0.2, 0.25) is 0 Å². The number of allylic oxidation sites excluding steroid dienone is 1. The van der Waals surface area contributed by atoms with Crippen LogP contribution in [0.5, 0.6) is 5.75 Å². The Balaban J connectivity index is 1.40. The molecule has 0 saturated carbocycles. The van der Waals surface area contributed by atoms with E-state index < -0.39 is 0 Å². The molecule has 1 atom stereocenters. The van der Waals surface area contributed by atoms with E-state index in [2.05, 4.69) is 75.1 Å². The molecule has 1 saturated heterocycles. The van der Waals surface area contributed by atoms with Gasteiger partial charge in [0, 0.05) is 19.6 Å². The number of hydrogen-bond donors (Lipinski definition) is 0. The first-order valence-electron chi connectivity index (χ1n) is 11.8. The van der Waals surface area contributed by atoms with Crippen LogP contribution < -0.4 is 4.74 Å². The quantitative estimate of drug-likeness (QED) is 0.432. The Morgan fingerprint density at radius 2 is 1.81 bits per heavy atom. The van der Waals surface area contributed by atoms with Gasteiger partial charge in [-0.25, -0.2) is 0 Å². The Kier molecular flexibility index (Phi) is 7.07. The maximum absolute atomic E-state index is 11.3. The first kappa shape index (κ1) is 23.1. The van der Waals surface area contributed by atoms with Crippen LogP contribution in [0, 0.1) is 11.8 Å². The van der Waals surface area contributed by atoms with Crippen molar-refractivity contribution in [3.8, 4) is 5.75 Å². The third kappa shape index (κ3) is 5.27. The lowest BCUT2D eigenvalue weighted by Crippen LogP contribution is -2.49. The van der Waals surface area contributed by atoms with Crippen LogP contribution in [-0.2, 0) is 17.6 Å². The first-order chi connectivity index (χ1) is 15.3. The average molecular weight is 452 g/mol. The van der Waals surface area contributed by atoms with Gasteiger partial charge in [-0.05, 0) is 90.6 Å². The van der Waals surface area contributed by atoms with Crippen LogP contribution in [0.3, 0.4) is 0 Å². The number of nitrogens with zero attached hydrogens (tertiary/aromatic N) is 1. The van der Waals surface area contributed by atoms with E-state index in [-0.39, 0.29) is 17.3 Å². The second-order valence-corrected chi connectivity index (χ2v) is 10.2. The van der Waals surface area contributed by atoms with Crippen LogP contribution >= 0.6 is 11.6 Å². The van der Waals surface area contributed by atoms with Crippen molar-refractivity contribution in [2.24, 2.45) is 11.8 Å². The van der Waals surface area contributed by atoms with Crippen molar-refractivity contribution in [3.63, 3.8) is 0 Å². The second-order valence-electron chi connectivity index (χ2n) is 9.84. The summed E-state index contributed by atoms with van der Waals surface area (Å²) in [7, 11) is 0. The first-order valence-corrected chi connectivity index (χ1v) is 12.2. The SMILES string of the molecule is CC1=C(CN2CC(C(=O)Cl)C2)CCc2cc(OC(C)c3ccc(CC(C)C)cc3)ccc21. The van der Waals surface area contributed by atoms with Crippen molar-refractivity contribution < 1.29 is 9.53 Å². The molecule has 2 aliphatic rings. The molecule has 0 radical (unpaired) electrons. The van der Waals surface area contributed by atoms with Crippen LogP contribution in [0.15, 0.2) is 48.0 Å². The van der Waals surface area contributed by atoms with E-state index >= 15 is 0 Å². The standard InChI is InChI=1S/C28H34ClNO2/c1-18(2)13-21-5-7-22(8-6-21)20(4)32-26-11-12-27-19(3)24(10-9-23(27)14-26)15-30-16-25(17-30)28(29)31/h5-8,11-12,14,18,20,25H,9-10,13,15-17H2,1-4H3. The Labute approximate surface area is 197 Å². The number of halogens is 1. The zero-order valence-electron chi connectivity index (χ0n) is 19.7. The molecular formula is C28H34ClNO2. The van der Waals surface area contributed by atoms with Crippen molar-refractivity contribution in [1.29, 1.82) is 0 Å². The number of benzene rings is 2. The van der Waals surface area contributed by atoms with E-state index in [0.29, 0.717) is 5.92 Å². The van der Waals surface area contributed by atoms with Gasteiger partial charge in [0.05, 0.1) is 5.92 Å². The summed E-state index contributed by atoms with van der Waals surface area (Å²) in [6, 6.07) is 15.4. The number of likely N-dealkylation sites (tertiary alicyclic amines) is 1. The molecule has 4 heteroatoms. The molecule has 0 N–H and O–H groups in total. The highest BCUT2D eigenvalue weighted by Gasteiger charge is 2.32. The summed E-state index contributed by atoms with van der Waals surface area (Å²) >= 11 is 5.61. The normalized spacial score (nSPS) is 17.8. The van der Waals surface area contributed by atoms with Gasteiger partial charge in [0.15, 0.2) is 0 Å². The van der Waals surface area contributed by atoms with Crippen molar-refractivity contribution >= 4 is 22.4 Å². The second kappa shape index (κ2) is 9.80. The fourth-order valence-electron chi connectivity index (χ4n) is 4.86. The predicted octanol–water partition coefficient (Wildman–Crippen LogP) is 6.44. The minimum Gasteiger partial charge on any atom is -0.486 e. The lowest BCUT2D eigenvalue weighted by atomic mass is 9.85. The number of carbonyl (C=O) groups excluding carboxylic acids is 1. The van der Waals surface area contributed by atoms with E-state index in [1.807, 2.05) is 0 Å². The molecular weight excluding hydrogens is 418 g/mol.